The molecule has 206 valence electrons. The Labute approximate surface area is 247 Å². The summed E-state index contributed by atoms with van der Waals surface area (Å²) in [6.07, 6.45) is 1.82. The molecule has 2 aromatic carbocycles. The van der Waals surface area contributed by atoms with E-state index in [-0.39, 0.29) is 12.2 Å². The van der Waals surface area contributed by atoms with Crippen LogP contribution in [-0.4, -0.2) is 23.8 Å². The van der Waals surface area contributed by atoms with E-state index in [1.165, 1.54) is 22.7 Å². The molecular formula is C30H27BrN2O5S2. The van der Waals surface area contributed by atoms with Crippen LogP contribution >= 0.6 is 38.6 Å². The number of allylic oxidation sites excluding steroid dienone is 1. The third kappa shape index (κ3) is 5.84. The summed E-state index contributed by atoms with van der Waals surface area (Å²) < 4.78 is 20.4. The van der Waals surface area contributed by atoms with Crippen molar-refractivity contribution in [2.24, 2.45) is 4.99 Å². The minimum absolute atomic E-state index is 0.218. The minimum atomic E-state index is -0.592. The molecule has 40 heavy (non-hydrogen) atoms. The van der Waals surface area contributed by atoms with Crippen molar-refractivity contribution >= 4 is 50.6 Å². The van der Waals surface area contributed by atoms with Crippen LogP contribution in [0.15, 0.2) is 85.5 Å². The summed E-state index contributed by atoms with van der Waals surface area (Å²) in [5.74, 6) is 0.755. The molecule has 0 unspecified atom stereocenters. The van der Waals surface area contributed by atoms with Gasteiger partial charge in [-0.15, -0.1) is 11.3 Å². The van der Waals surface area contributed by atoms with Crippen LogP contribution < -0.4 is 24.4 Å². The Kier molecular flexibility index (Phi) is 8.68. The number of rotatable bonds is 9. The van der Waals surface area contributed by atoms with Crippen LogP contribution in [0, 0.1) is 0 Å². The highest BCUT2D eigenvalue weighted by Crippen LogP contribution is 2.33. The van der Waals surface area contributed by atoms with Crippen LogP contribution in [0.25, 0.3) is 6.08 Å². The highest BCUT2D eigenvalue weighted by Gasteiger charge is 2.33. The highest BCUT2D eigenvalue weighted by atomic mass is 79.9. The van der Waals surface area contributed by atoms with Crippen LogP contribution in [-0.2, 0) is 16.1 Å². The second-order valence-electron chi connectivity index (χ2n) is 8.87. The van der Waals surface area contributed by atoms with E-state index in [9.17, 15) is 9.59 Å². The lowest BCUT2D eigenvalue weighted by atomic mass is 10.0. The molecule has 0 spiro atoms. The quantitative estimate of drug-likeness (QED) is 0.223. The van der Waals surface area contributed by atoms with Crippen molar-refractivity contribution in [3.63, 3.8) is 0 Å². The third-order valence-corrected chi connectivity index (χ3v) is 8.64. The fraction of sp³-hybridized carbons (Fsp3) is 0.233. The lowest BCUT2D eigenvalue weighted by molar-refractivity contribution is -0.139. The lowest BCUT2D eigenvalue weighted by Gasteiger charge is -2.23. The van der Waals surface area contributed by atoms with Gasteiger partial charge in [0.1, 0.15) is 12.6 Å². The van der Waals surface area contributed by atoms with E-state index in [4.69, 9.17) is 14.2 Å². The zero-order valence-corrected chi connectivity index (χ0v) is 25.4. The molecule has 2 aromatic heterocycles. The standard InChI is InChI=1S/C30H27BrN2O5S2/c1-4-36-23-15-20(10-13-22(23)38-17-19-8-11-21(31)12-9-19)16-25-28(34)33-27(24-7-6-14-39-24)26(29(35)37-5-2)18(3)32-30(33)40-25/h6-16,27H,4-5,17H2,1-3H3/b25-16-/t27-/m1/s1. The molecule has 0 saturated carbocycles. The molecule has 5 rings (SSSR count). The maximum absolute atomic E-state index is 13.8. The number of esters is 1. The third-order valence-electron chi connectivity index (χ3n) is 6.20. The number of hydrogen-bond acceptors (Lipinski definition) is 8. The summed E-state index contributed by atoms with van der Waals surface area (Å²) in [6.45, 7) is 6.56. The van der Waals surface area contributed by atoms with Gasteiger partial charge in [-0.2, -0.15) is 0 Å². The molecule has 3 heterocycles. The van der Waals surface area contributed by atoms with Gasteiger partial charge in [-0.25, -0.2) is 9.79 Å². The number of hydrogen-bond donors (Lipinski definition) is 0. The van der Waals surface area contributed by atoms with Crippen LogP contribution in [0.4, 0.5) is 0 Å². The largest absolute Gasteiger partial charge is 0.490 e. The maximum Gasteiger partial charge on any atom is 0.338 e. The molecule has 0 N–H and O–H groups in total. The zero-order chi connectivity index (χ0) is 28.2. The Morgan fingerprint density at radius 1 is 1.07 bits per heavy atom. The molecule has 4 aromatic rings. The average molecular weight is 640 g/mol. The molecule has 7 nitrogen and oxygen atoms in total. The SMILES string of the molecule is CCOC(=O)C1=C(C)N=c2s/c(=C\c3ccc(OCc4ccc(Br)cc4)c(OCC)c3)c(=O)n2[C@@H]1c1cccs1. The first kappa shape index (κ1) is 28.1. The van der Waals surface area contributed by atoms with Gasteiger partial charge in [0.05, 0.1) is 29.0 Å². The van der Waals surface area contributed by atoms with Gasteiger partial charge in [0, 0.05) is 9.35 Å². The first-order valence-electron chi connectivity index (χ1n) is 12.8. The second kappa shape index (κ2) is 12.4. The lowest BCUT2D eigenvalue weighted by Crippen LogP contribution is -2.39. The van der Waals surface area contributed by atoms with E-state index in [2.05, 4.69) is 20.9 Å². The summed E-state index contributed by atoms with van der Waals surface area (Å²) in [6, 6.07) is 16.8. The van der Waals surface area contributed by atoms with Crippen molar-refractivity contribution < 1.29 is 19.0 Å². The van der Waals surface area contributed by atoms with E-state index in [0.29, 0.717) is 45.3 Å². The number of carbonyl (C=O) groups excluding carboxylic acids is 1. The Bertz CT molecular complexity index is 1740. The van der Waals surface area contributed by atoms with Crippen molar-refractivity contribution in [1.82, 2.24) is 4.57 Å². The van der Waals surface area contributed by atoms with Crippen molar-refractivity contribution in [2.45, 2.75) is 33.4 Å². The van der Waals surface area contributed by atoms with E-state index >= 15 is 0 Å². The van der Waals surface area contributed by atoms with Crippen LogP contribution in [0.1, 0.15) is 42.8 Å². The molecular weight excluding hydrogens is 612 g/mol. The Balaban J connectivity index is 1.52. The Morgan fingerprint density at radius 3 is 2.58 bits per heavy atom. The summed E-state index contributed by atoms with van der Waals surface area (Å²) >= 11 is 6.23. The molecule has 0 bridgehead atoms. The molecule has 0 amide bonds. The van der Waals surface area contributed by atoms with E-state index in [1.54, 1.807) is 18.4 Å². The van der Waals surface area contributed by atoms with Gasteiger partial charge in [0.25, 0.3) is 5.56 Å². The maximum atomic E-state index is 13.8. The molecule has 10 heteroatoms. The van der Waals surface area contributed by atoms with Gasteiger partial charge >= 0.3 is 5.97 Å². The van der Waals surface area contributed by atoms with E-state index < -0.39 is 12.0 Å². The zero-order valence-electron chi connectivity index (χ0n) is 22.2. The van der Waals surface area contributed by atoms with Gasteiger partial charge in [-0.05, 0) is 73.7 Å². The van der Waals surface area contributed by atoms with Crippen molar-refractivity contribution in [3.05, 3.63) is 111 Å². The molecule has 1 atom stereocenters. The number of benzene rings is 2. The molecule has 0 fully saturated rings. The summed E-state index contributed by atoms with van der Waals surface area (Å²) in [7, 11) is 0. The second-order valence-corrected chi connectivity index (χ2v) is 11.8. The number of carbonyl (C=O) groups is 1. The monoisotopic (exact) mass is 638 g/mol. The Hall–Kier alpha value is -3.47. The Morgan fingerprint density at radius 2 is 1.88 bits per heavy atom. The number of aromatic nitrogens is 1. The number of fused-ring (bicyclic) bond motifs is 1. The van der Waals surface area contributed by atoms with Gasteiger partial charge < -0.3 is 14.2 Å². The number of thiazole rings is 1. The van der Waals surface area contributed by atoms with Crippen molar-refractivity contribution in [1.29, 1.82) is 0 Å². The van der Waals surface area contributed by atoms with E-state index in [1.807, 2.05) is 73.0 Å². The van der Waals surface area contributed by atoms with Crippen LogP contribution in [0.3, 0.4) is 0 Å². The molecule has 1 aliphatic heterocycles. The van der Waals surface area contributed by atoms with Gasteiger partial charge in [0.2, 0.25) is 0 Å². The van der Waals surface area contributed by atoms with Gasteiger partial charge in [0.15, 0.2) is 16.3 Å². The molecule has 0 aliphatic carbocycles. The van der Waals surface area contributed by atoms with Crippen LogP contribution in [0.5, 0.6) is 11.5 Å². The molecule has 1 aliphatic rings. The smallest absolute Gasteiger partial charge is 0.338 e. The fourth-order valence-corrected chi connectivity index (χ4v) is 6.54. The number of nitrogens with zero attached hydrogens (tertiary/aromatic N) is 2. The first-order valence-corrected chi connectivity index (χ1v) is 15.3. The number of ether oxygens (including phenoxy) is 3. The first-order chi connectivity index (χ1) is 19.4. The highest BCUT2D eigenvalue weighted by molar-refractivity contribution is 9.10. The molecule has 0 saturated heterocycles. The van der Waals surface area contributed by atoms with Gasteiger partial charge in [-0.1, -0.05) is 51.5 Å². The van der Waals surface area contributed by atoms with Crippen LogP contribution in [0.2, 0.25) is 0 Å². The van der Waals surface area contributed by atoms with Crippen molar-refractivity contribution in [3.8, 4) is 11.5 Å². The molecule has 0 radical (unpaired) electrons. The summed E-state index contributed by atoms with van der Waals surface area (Å²) in [5, 5.41) is 1.93. The predicted octanol–water partition coefficient (Wildman–Crippen LogP) is 5.60. The minimum Gasteiger partial charge on any atom is -0.490 e. The number of thiophene rings is 1. The average Bonchev–Trinajstić information content (AvgIpc) is 3.57. The normalized spacial score (nSPS) is 15.0. The summed E-state index contributed by atoms with van der Waals surface area (Å²) in [5.41, 5.74) is 2.54. The number of halogens is 1. The topological polar surface area (TPSA) is 79.1 Å². The van der Waals surface area contributed by atoms with E-state index in [0.717, 1.165) is 20.5 Å². The summed E-state index contributed by atoms with van der Waals surface area (Å²) in [4.78, 5) is 32.8. The predicted molar refractivity (Wildman–Crippen MR) is 161 cm³/mol. The van der Waals surface area contributed by atoms with Gasteiger partial charge in [-0.3, -0.25) is 9.36 Å². The fourth-order valence-electron chi connectivity index (χ4n) is 4.40. The van der Waals surface area contributed by atoms with Crippen molar-refractivity contribution in [2.75, 3.05) is 13.2 Å².